The topological polar surface area (TPSA) is 54.5 Å². The zero-order valence-electron chi connectivity index (χ0n) is 10.7. The Morgan fingerprint density at radius 2 is 1.84 bits per heavy atom. The van der Waals surface area contributed by atoms with Gasteiger partial charge in [0.05, 0.1) is 16.4 Å². The predicted octanol–water partition coefficient (Wildman–Crippen LogP) is 1.50. The van der Waals surface area contributed by atoms with Gasteiger partial charge in [0.2, 0.25) is 0 Å². The van der Waals surface area contributed by atoms with Gasteiger partial charge in [0.25, 0.3) is 5.91 Å². The molecule has 19 heavy (non-hydrogen) atoms. The minimum absolute atomic E-state index is 0.00861. The van der Waals surface area contributed by atoms with Crippen LogP contribution >= 0.6 is 11.3 Å². The number of aryl methyl sites for hydroxylation is 2. The van der Waals surface area contributed by atoms with Crippen LogP contribution < -0.4 is 0 Å². The van der Waals surface area contributed by atoms with Crippen molar-refractivity contribution in [1.29, 1.82) is 0 Å². The lowest BCUT2D eigenvalue weighted by Crippen LogP contribution is -2.43. The molecule has 0 spiro atoms. The maximum atomic E-state index is 12.4. The monoisotopic (exact) mass is 299 g/mol. The van der Waals surface area contributed by atoms with E-state index in [4.69, 9.17) is 0 Å². The van der Waals surface area contributed by atoms with Gasteiger partial charge in [0.1, 0.15) is 0 Å². The molecule has 0 aromatic carbocycles. The molecule has 104 valence electrons. The third-order valence-corrected chi connectivity index (χ3v) is 6.67. The van der Waals surface area contributed by atoms with Crippen LogP contribution in [-0.2, 0) is 22.7 Å². The number of carbonyl (C=O) groups is 1. The smallest absolute Gasteiger partial charge is 0.263 e. The van der Waals surface area contributed by atoms with E-state index >= 15 is 0 Å². The Bertz CT molecular complexity index is 566. The molecule has 2 heterocycles. The van der Waals surface area contributed by atoms with Crippen molar-refractivity contribution in [3.8, 4) is 0 Å². The highest BCUT2D eigenvalue weighted by atomic mass is 32.2. The summed E-state index contributed by atoms with van der Waals surface area (Å²) in [4.78, 5) is 16.2. The van der Waals surface area contributed by atoms with Gasteiger partial charge in [-0.15, -0.1) is 11.3 Å². The number of thiophene rings is 1. The summed E-state index contributed by atoms with van der Waals surface area (Å²) in [5, 5.41) is 0. The van der Waals surface area contributed by atoms with Crippen molar-refractivity contribution in [1.82, 2.24) is 4.90 Å². The van der Waals surface area contributed by atoms with Crippen molar-refractivity contribution in [2.45, 2.75) is 25.7 Å². The quantitative estimate of drug-likeness (QED) is 0.789. The van der Waals surface area contributed by atoms with E-state index in [2.05, 4.69) is 0 Å². The van der Waals surface area contributed by atoms with Gasteiger partial charge in [-0.3, -0.25) is 4.79 Å². The summed E-state index contributed by atoms with van der Waals surface area (Å²) < 4.78 is 22.8. The molecule has 1 aromatic heterocycles. The van der Waals surface area contributed by atoms with Gasteiger partial charge in [-0.25, -0.2) is 8.42 Å². The van der Waals surface area contributed by atoms with Crippen molar-refractivity contribution >= 4 is 27.1 Å². The number of hydrogen-bond acceptors (Lipinski definition) is 4. The van der Waals surface area contributed by atoms with E-state index in [1.54, 1.807) is 16.2 Å². The van der Waals surface area contributed by atoms with Crippen LogP contribution in [0.25, 0.3) is 0 Å². The molecule has 1 aliphatic heterocycles. The summed E-state index contributed by atoms with van der Waals surface area (Å²) in [5.74, 6) is 0.211. The molecule has 6 heteroatoms. The average molecular weight is 299 g/mol. The number of sulfone groups is 1. The summed E-state index contributed by atoms with van der Waals surface area (Å²) >= 11 is 1.60. The normalized spacial score (nSPS) is 22.0. The fourth-order valence-electron chi connectivity index (χ4n) is 2.67. The van der Waals surface area contributed by atoms with Gasteiger partial charge >= 0.3 is 0 Å². The minimum Gasteiger partial charge on any atom is -0.336 e. The Balaban J connectivity index is 1.75. The summed E-state index contributed by atoms with van der Waals surface area (Å²) in [6.07, 6.45) is 4.58. The van der Waals surface area contributed by atoms with Crippen molar-refractivity contribution in [2.75, 3.05) is 24.6 Å². The van der Waals surface area contributed by atoms with E-state index in [9.17, 15) is 13.2 Å². The highest BCUT2D eigenvalue weighted by Gasteiger charge is 2.27. The second-order valence-corrected chi connectivity index (χ2v) is 8.65. The molecule has 0 N–H and O–H groups in total. The van der Waals surface area contributed by atoms with Crippen molar-refractivity contribution in [3.63, 3.8) is 0 Å². The molecular formula is C13H17NO3S2. The Hall–Kier alpha value is -0.880. The van der Waals surface area contributed by atoms with Crippen LogP contribution in [0.3, 0.4) is 0 Å². The lowest BCUT2D eigenvalue weighted by molar-refractivity contribution is 0.0775. The highest BCUT2D eigenvalue weighted by molar-refractivity contribution is 7.91. The fourth-order valence-corrected chi connectivity index (χ4v) is 5.09. The van der Waals surface area contributed by atoms with E-state index in [1.165, 1.54) is 23.3 Å². The van der Waals surface area contributed by atoms with E-state index in [0.717, 1.165) is 17.7 Å². The predicted molar refractivity (Wildman–Crippen MR) is 75.5 cm³/mol. The molecule has 1 amide bonds. The molecule has 4 nitrogen and oxygen atoms in total. The lowest BCUT2D eigenvalue weighted by Gasteiger charge is -2.26. The van der Waals surface area contributed by atoms with Crippen molar-refractivity contribution in [2.24, 2.45) is 0 Å². The van der Waals surface area contributed by atoms with Crippen LogP contribution in [0.5, 0.6) is 0 Å². The Kier molecular flexibility index (Phi) is 3.39. The van der Waals surface area contributed by atoms with Crippen LogP contribution in [0.1, 0.15) is 33.0 Å². The molecule has 0 radical (unpaired) electrons. The lowest BCUT2D eigenvalue weighted by atomic mass is 9.99. The van der Waals surface area contributed by atoms with Crippen molar-refractivity contribution < 1.29 is 13.2 Å². The minimum atomic E-state index is -2.92. The van der Waals surface area contributed by atoms with Gasteiger partial charge in [-0.2, -0.15) is 0 Å². The van der Waals surface area contributed by atoms with E-state index in [0.29, 0.717) is 13.1 Å². The first-order valence-corrected chi connectivity index (χ1v) is 9.30. The maximum Gasteiger partial charge on any atom is 0.263 e. The third-order valence-electron chi connectivity index (χ3n) is 3.84. The molecule has 0 unspecified atom stereocenters. The number of hydrogen-bond donors (Lipinski definition) is 0. The molecular weight excluding hydrogens is 282 g/mol. The Morgan fingerprint density at radius 3 is 2.53 bits per heavy atom. The first kappa shape index (κ1) is 13.1. The number of carbonyl (C=O) groups excluding carboxylic acids is 1. The molecule has 2 aliphatic rings. The summed E-state index contributed by atoms with van der Waals surface area (Å²) in [6.45, 7) is 0.674. The molecule has 1 saturated heterocycles. The van der Waals surface area contributed by atoms with Crippen LogP contribution in [0.2, 0.25) is 0 Å². The molecule has 0 bridgehead atoms. The summed E-state index contributed by atoms with van der Waals surface area (Å²) in [5.41, 5.74) is 1.32. The Morgan fingerprint density at radius 1 is 1.16 bits per heavy atom. The first-order valence-electron chi connectivity index (χ1n) is 6.66. The van der Waals surface area contributed by atoms with Gasteiger partial charge in [0, 0.05) is 18.0 Å². The zero-order valence-corrected chi connectivity index (χ0v) is 12.4. The van der Waals surface area contributed by atoms with Crippen LogP contribution in [-0.4, -0.2) is 43.8 Å². The van der Waals surface area contributed by atoms with Gasteiger partial charge in [0.15, 0.2) is 9.84 Å². The van der Waals surface area contributed by atoms with Crippen molar-refractivity contribution in [3.05, 3.63) is 21.4 Å². The molecule has 1 aromatic rings. The standard InChI is InChI=1S/C13H17NO3S2/c15-13(14-5-7-19(16,17)8-6-14)12-9-10-3-1-2-4-11(10)18-12/h9H,1-8H2. The second-order valence-electron chi connectivity index (χ2n) is 5.21. The molecule has 3 rings (SSSR count). The summed E-state index contributed by atoms with van der Waals surface area (Å²) in [7, 11) is -2.92. The largest absolute Gasteiger partial charge is 0.336 e. The van der Waals surface area contributed by atoms with E-state index in [-0.39, 0.29) is 17.4 Å². The number of rotatable bonds is 1. The summed E-state index contributed by atoms with van der Waals surface area (Å²) in [6, 6.07) is 2.02. The number of nitrogens with zero attached hydrogens (tertiary/aromatic N) is 1. The molecule has 0 saturated carbocycles. The van der Waals surface area contributed by atoms with Crippen LogP contribution in [0.15, 0.2) is 6.07 Å². The average Bonchev–Trinajstić information content (AvgIpc) is 2.81. The molecule has 0 atom stereocenters. The van der Waals surface area contributed by atoms with Gasteiger partial charge in [-0.1, -0.05) is 0 Å². The van der Waals surface area contributed by atoms with E-state index < -0.39 is 9.84 Å². The number of amides is 1. The van der Waals surface area contributed by atoms with Gasteiger partial charge < -0.3 is 4.90 Å². The van der Waals surface area contributed by atoms with Crippen LogP contribution in [0.4, 0.5) is 0 Å². The second kappa shape index (κ2) is 4.90. The maximum absolute atomic E-state index is 12.4. The van der Waals surface area contributed by atoms with Crippen LogP contribution in [0, 0.1) is 0 Å². The molecule has 1 fully saturated rings. The van der Waals surface area contributed by atoms with E-state index in [1.807, 2.05) is 6.07 Å². The number of fused-ring (bicyclic) bond motifs is 1. The SMILES string of the molecule is O=C(c1cc2c(s1)CCCC2)N1CCS(=O)(=O)CC1. The van der Waals surface area contributed by atoms with Gasteiger partial charge in [-0.05, 0) is 37.3 Å². The highest BCUT2D eigenvalue weighted by Crippen LogP contribution is 2.30. The first-order chi connectivity index (χ1) is 9.05. The zero-order chi connectivity index (χ0) is 13.5. The fraction of sp³-hybridized carbons (Fsp3) is 0.615. The third kappa shape index (κ3) is 2.69. The molecule has 1 aliphatic carbocycles. The Labute approximate surface area is 117 Å².